The number of benzene rings is 2. The largest absolute Gasteiger partial charge is 0.348 e. The van der Waals surface area contributed by atoms with Crippen LogP contribution in [-0.2, 0) is 35.2 Å². The van der Waals surface area contributed by atoms with Crippen LogP contribution in [0, 0.1) is 0 Å². The maximum absolute atomic E-state index is 12.2. The Morgan fingerprint density at radius 2 is 1.43 bits per heavy atom. The van der Waals surface area contributed by atoms with Gasteiger partial charge in [0.15, 0.2) is 15.6 Å². The molecule has 2 aromatic rings. The Bertz CT molecular complexity index is 1070. The first-order chi connectivity index (χ1) is 14.1. The highest BCUT2D eigenvalue weighted by molar-refractivity contribution is 7.90. The van der Waals surface area contributed by atoms with Gasteiger partial charge < -0.3 is 11.1 Å². The van der Waals surface area contributed by atoms with Crippen LogP contribution in [0.3, 0.4) is 0 Å². The molecule has 0 saturated heterocycles. The molecule has 0 aromatic heterocycles. The van der Waals surface area contributed by atoms with Gasteiger partial charge in [0.25, 0.3) is 0 Å². The van der Waals surface area contributed by atoms with Crippen LogP contribution in [-0.4, -0.2) is 53.4 Å². The Balaban J connectivity index is 1.79. The second-order valence-corrected chi connectivity index (χ2v) is 10.4. The summed E-state index contributed by atoms with van der Waals surface area (Å²) >= 11 is 0. The second-order valence-electron chi connectivity index (χ2n) is 6.54. The summed E-state index contributed by atoms with van der Waals surface area (Å²) in [6, 6.07) is 14.6. The first kappa shape index (κ1) is 23.7. The average Bonchev–Trinajstić information content (AvgIpc) is 2.71. The van der Waals surface area contributed by atoms with Crippen molar-refractivity contribution >= 4 is 31.6 Å². The van der Waals surface area contributed by atoms with Gasteiger partial charge in [0, 0.05) is 0 Å². The summed E-state index contributed by atoms with van der Waals surface area (Å²) in [5.41, 5.74) is 6.22. The highest BCUT2D eigenvalue weighted by Crippen LogP contribution is 2.07. The Morgan fingerprint density at radius 3 is 2.03 bits per heavy atom. The van der Waals surface area contributed by atoms with Gasteiger partial charge in [0.2, 0.25) is 15.9 Å². The van der Waals surface area contributed by atoms with Gasteiger partial charge in [0.1, 0.15) is 0 Å². The molecule has 30 heavy (non-hydrogen) atoms. The zero-order chi connectivity index (χ0) is 22.2. The third-order valence-electron chi connectivity index (χ3n) is 3.97. The quantitative estimate of drug-likeness (QED) is 0.418. The number of nitrogens with one attached hydrogen (secondary N) is 2. The number of hydrogen-bond acceptors (Lipinski definition) is 7. The molecule has 0 saturated carbocycles. The van der Waals surface area contributed by atoms with Crippen molar-refractivity contribution in [3.05, 3.63) is 66.2 Å². The lowest BCUT2D eigenvalue weighted by Crippen LogP contribution is -2.47. The van der Waals surface area contributed by atoms with Gasteiger partial charge in [-0.2, -0.15) is 0 Å². The maximum Gasteiger partial charge on any atom is 0.240 e. The minimum atomic E-state index is -3.85. The Labute approximate surface area is 175 Å². The van der Waals surface area contributed by atoms with Crippen LogP contribution >= 0.6 is 0 Å². The number of nitrogens with two attached hydrogens (primary N) is 1. The van der Waals surface area contributed by atoms with Crippen LogP contribution in [0.5, 0.6) is 0 Å². The monoisotopic (exact) mass is 453 g/mol. The Hall–Kier alpha value is -2.60. The summed E-state index contributed by atoms with van der Waals surface area (Å²) < 4.78 is 50.6. The van der Waals surface area contributed by atoms with E-state index in [0.717, 1.165) is 0 Å². The van der Waals surface area contributed by atoms with Crippen LogP contribution in [0.4, 0.5) is 0 Å². The minimum absolute atomic E-state index is 0.00693. The van der Waals surface area contributed by atoms with Crippen LogP contribution < -0.4 is 15.8 Å². The number of ketones is 1. The molecule has 162 valence electrons. The molecule has 0 aliphatic carbocycles. The van der Waals surface area contributed by atoms with E-state index in [0.29, 0.717) is 5.56 Å². The third-order valence-corrected chi connectivity index (χ3v) is 7.03. The van der Waals surface area contributed by atoms with Crippen molar-refractivity contribution in [3.8, 4) is 0 Å². The molecule has 11 heteroatoms. The van der Waals surface area contributed by atoms with E-state index in [1.54, 1.807) is 48.5 Å². The Kier molecular flexibility index (Phi) is 8.24. The first-order valence-corrected chi connectivity index (χ1v) is 12.2. The predicted molar refractivity (Wildman–Crippen MR) is 112 cm³/mol. The molecule has 9 nitrogen and oxygen atoms in total. The van der Waals surface area contributed by atoms with E-state index in [2.05, 4.69) is 10.0 Å². The number of hydrogen-bond donors (Lipinski definition) is 3. The summed E-state index contributed by atoms with van der Waals surface area (Å²) in [5.74, 6) is -2.26. The topological polar surface area (TPSA) is 152 Å². The van der Waals surface area contributed by atoms with E-state index in [-0.39, 0.29) is 10.6 Å². The minimum Gasteiger partial charge on any atom is -0.348 e. The normalized spacial score (nSPS) is 12.8. The van der Waals surface area contributed by atoms with E-state index < -0.39 is 56.4 Å². The van der Waals surface area contributed by atoms with E-state index >= 15 is 0 Å². The van der Waals surface area contributed by atoms with Crippen molar-refractivity contribution in [3.63, 3.8) is 0 Å². The molecule has 2 rings (SSSR count). The van der Waals surface area contributed by atoms with Gasteiger partial charge in [-0.05, 0) is 17.7 Å². The zero-order valence-corrected chi connectivity index (χ0v) is 17.7. The van der Waals surface area contributed by atoms with Crippen molar-refractivity contribution in [1.82, 2.24) is 10.0 Å². The third kappa shape index (κ3) is 7.67. The molecule has 0 heterocycles. The fraction of sp³-hybridized carbons (Fsp3) is 0.263. The van der Waals surface area contributed by atoms with Gasteiger partial charge in [-0.1, -0.05) is 48.5 Å². The summed E-state index contributed by atoms with van der Waals surface area (Å²) in [5, 5.41) is 2.23. The van der Waals surface area contributed by atoms with E-state index in [1.165, 1.54) is 12.1 Å². The van der Waals surface area contributed by atoms with Crippen LogP contribution in [0.1, 0.15) is 5.56 Å². The van der Waals surface area contributed by atoms with Crippen molar-refractivity contribution in [2.45, 2.75) is 16.7 Å². The zero-order valence-electron chi connectivity index (χ0n) is 16.0. The molecule has 0 fully saturated rings. The van der Waals surface area contributed by atoms with Crippen molar-refractivity contribution in [2.24, 2.45) is 5.73 Å². The summed E-state index contributed by atoms with van der Waals surface area (Å²) in [7, 11) is -7.49. The van der Waals surface area contributed by atoms with Crippen molar-refractivity contribution in [2.75, 3.05) is 18.8 Å². The van der Waals surface area contributed by atoms with Gasteiger partial charge >= 0.3 is 0 Å². The van der Waals surface area contributed by atoms with Gasteiger partial charge in [-0.3, -0.25) is 9.59 Å². The predicted octanol–water partition coefficient (Wildman–Crippen LogP) is -0.407. The smallest absolute Gasteiger partial charge is 0.240 e. The lowest BCUT2D eigenvalue weighted by atomic mass is 10.2. The number of rotatable bonds is 11. The lowest BCUT2D eigenvalue weighted by molar-refractivity contribution is -0.125. The van der Waals surface area contributed by atoms with Crippen molar-refractivity contribution < 1.29 is 26.4 Å². The molecular weight excluding hydrogens is 430 g/mol. The number of Topliss-reactive ketones (excluding diaryl/α,β-unsaturated/α-hetero) is 1. The SMILES string of the molecule is NC(CS(=O)(=O)Cc1ccccc1)C(=O)NCC(=O)CNS(=O)(=O)c1ccccc1. The fourth-order valence-electron chi connectivity index (χ4n) is 2.47. The summed E-state index contributed by atoms with van der Waals surface area (Å²) in [6.07, 6.45) is 0. The lowest BCUT2D eigenvalue weighted by Gasteiger charge is -2.13. The molecule has 0 bridgehead atoms. The number of amides is 1. The van der Waals surface area contributed by atoms with Gasteiger partial charge in [-0.15, -0.1) is 0 Å². The molecule has 2 aromatic carbocycles. The summed E-state index contributed by atoms with van der Waals surface area (Å²) in [6.45, 7) is -1.01. The van der Waals surface area contributed by atoms with Crippen molar-refractivity contribution in [1.29, 1.82) is 0 Å². The van der Waals surface area contributed by atoms with Crippen LogP contribution in [0.2, 0.25) is 0 Å². The molecule has 0 radical (unpaired) electrons. The number of sulfonamides is 1. The molecular formula is C19H23N3O6S2. The van der Waals surface area contributed by atoms with Gasteiger partial charge in [0.05, 0.1) is 35.5 Å². The number of carbonyl (C=O) groups is 2. The van der Waals surface area contributed by atoms with Crippen LogP contribution in [0.25, 0.3) is 0 Å². The standard InChI is InChI=1S/C19H23N3O6S2/c20-18(14-29(25,26)13-15-7-3-1-4-8-15)19(24)21-11-16(23)12-22-30(27,28)17-9-5-2-6-10-17/h1-10,18,22H,11-14,20H2,(H,21,24). The molecule has 1 amide bonds. The van der Waals surface area contributed by atoms with E-state index in [9.17, 15) is 26.4 Å². The highest BCUT2D eigenvalue weighted by Gasteiger charge is 2.23. The molecule has 1 unspecified atom stereocenters. The second kappa shape index (κ2) is 10.4. The van der Waals surface area contributed by atoms with E-state index in [1.807, 2.05) is 0 Å². The molecule has 0 aliphatic heterocycles. The van der Waals surface area contributed by atoms with Crippen LogP contribution in [0.15, 0.2) is 65.6 Å². The molecule has 0 aliphatic rings. The molecule has 4 N–H and O–H groups in total. The van der Waals surface area contributed by atoms with Gasteiger partial charge in [-0.25, -0.2) is 21.6 Å². The highest BCUT2D eigenvalue weighted by atomic mass is 32.2. The number of carbonyl (C=O) groups excluding carboxylic acids is 2. The Morgan fingerprint density at radius 1 is 0.867 bits per heavy atom. The average molecular weight is 454 g/mol. The summed E-state index contributed by atoms with van der Waals surface area (Å²) in [4.78, 5) is 23.9. The fourth-order valence-corrected chi connectivity index (χ4v) is 5.02. The van der Waals surface area contributed by atoms with E-state index in [4.69, 9.17) is 5.73 Å². The molecule has 0 spiro atoms. The number of sulfone groups is 1. The molecule has 1 atom stereocenters. The maximum atomic E-state index is 12.2. The first-order valence-electron chi connectivity index (χ1n) is 8.93.